The summed E-state index contributed by atoms with van der Waals surface area (Å²) in [6.45, 7) is 1.49. The molecule has 2 rings (SSSR count). The van der Waals surface area contributed by atoms with E-state index in [-0.39, 0.29) is 21.9 Å². The third-order valence-corrected chi connectivity index (χ3v) is 4.80. The van der Waals surface area contributed by atoms with Crippen molar-refractivity contribution >= 4 is 32.4 Å². The molecule has 2 heterocycles. The molecule has 108 valence electrons. The predicted molar refractivity (Wildman–Crippen MR) is 71.7 cm³/mol. The maximum absolute atomic E-state index is 11.9. The van der Waals surface area contributed by atoms with Crippen LogP contribution in [0.2, 0.25) is 0 Å². The number of aromatic nitrogens is 4. The van der Waals surface area contributed by atoms with Crippen LogP contribution in [0.15, 0.2) is 16.7 Å². The second kappa shape index (κ2) is 6.07. The second-order valence-electron chi connectivity index (χ2n) is 3.74. The van der Waals surface area contributed by atoms with Gasteiger partial charge in [-0.25, -0.2) is 18.1 Å². The summed E-state index contributed by atoms with van der Waals surface area (Å²) in [6, 6.07) is 0. The summed E-state index contributed by atoms with van der Waals surface area (Å²) in [5, 5.41) is 9.63. The zero-order valence-electron chi connectivity index (χ0n) is 10.5. The Morgan fingerprint density at radius 3 is 2.90 bits per heavy atom. The first kappa shape index (κ1) is 14.6. The van der Waals surface area contributed by atoms with Crippen molar-refractivity contribution in [2.75, 3.05) is 11.9 Å². The van der Waals surface area contributed by atoms with E-state index in [1.54, 1.807) is 12.4 Å². The second-order valence-corrected chi connectivity index (χ2v) is 6.66. The molecular formula is C9H12N6O3S2. The SMILES string of the molecule is CC(=O)Nc1nnc(S(=O)(=O)NCCc2ncc[nH]2)s1. The first-order valence-electron chi connectivity index (χ1n) is 5.56. The van der Waals surface area contributed by atoms with Crippen LogP contribution in [0.25, 0.3) is 0 Å². The Labute approximate surface area is 118 Å². The Kier molecular flexibility index (Phi) is 4.42. The summed E-state index contributed by atoms with van der Waals surface area (Å²) in [6.07, 6.45) is 3.69. The largest absolute Gasteiger partial charge is 0.349 e. The number of hydrogen-bond acceptors (Lipinski definition) is 7. The molecule has 0 spiro atoms. The van der Waals surface area contributed by atoms with Gasteiger partial charge in [0.25, 0.3) is 10.0 Å². The fourth-order valence-corrected chi connectivity index (χ4v) is 3.34. The van der Waals surface area contributed by atoms with Crippen LogP contribution in [-0.4, -0.2) is 41.0 Å². The molecule has 0 atom stereocenters. The van der Waals surface area contributed by atoms with Crippen LogP contribution in [0.3, 0.4) is 0 Å². The highest BCUT2D eigenvalue weighted by atomic mass is 32.2. The fourth-order valence-electron chi connectivity index (χ4n) is 1.32. The number of rotatable bonds is 6. The Morgan fingerprint density at radius 1 is 1.45 bits per heavy atom. The zero-order valence-corrected chi connectivity index (χ0v) is 12.1. The summed E-state index contributed by atoms with van der Waals surface area (Å²) < 4.78 is 26.0. The maximum Gasteiger partial charge on any atom is 0.269 e. The Hall–Kier alpha value is -1.85. The fraction of sp³-hybridized carbons (Fsp3) is 0.333. The smallest absolute Gasteiger partial charge is 0.269 e. The Balaban J connectivity index is 1.95. The molecule has 0 aliphatic rings. The molecule has 2 aromatic rings. The molecule has 1 amide bonds. The molecule has 0 fully saturated rings. The van der Waals surface area contributed by atoms with Crippen LogP contribution < -0.4 is 10.0 Å². The number of aromatic amines is 1. The molecule has 0 saturated carbocycles. The van der Waals surface area contributed by atoms with Crippen molar-refractivity contribution in [1.29, 1.82) is 0 Å². The number of nitrogens with one attached hydrogen (secondary N) is 3. The van der Waals surface area contributed by atoms with E-state index < -0.39 is 10.0 Å². The van der Waals surface area contributed by atoms with Crippen molar-refractivity contribution in [1.82, 2.24) is 24.9 Å². The number of sulfonamides is 1. The van der Waals surface area contributed by atoms with E-state index >= 15 is 0 Å². The Bertz CT molecular complexity index is 678. The average molecular weight is 316 g/mol. The van der Waals surface area contributed by atoms with Gasteiger partial charge in [-0.1, -0.05) is 11.3 Å². The van der Waals surface area contributed by atoms with Crippen molar-refractivity contribution in [2.24, 2.45) is 0 Å². The van der Waals surface area contributed by atoms with Gasteiger partial charge in [-0.15, -0.1) is 10.2 Å². The number of carbonyl (C=O) groups excluding carboxylic acids is 1. The van der Waals surface area contributed by atoms with Gasteiger partial charge in [-0.3, -0.25) is 4.79 Å². The molecule has 0 unspecified atom stereocenters. The topological polar surface area (TPSA) is 130 Å². The lowest BCUT2D eigenvalue weighted by molar-refractivity contribution is -0.114. The highest BCUT2D eigenvalue weighted by Crippen LogP contribution is 2.19. The lowest BCUT2D eigenvalue weighted by atomic mass is 10.4. The van der Waals surface area contributed by atoms with Gasteiger partial charge in [0, 0.05) is 32.3 Å². The molecule has 0 saturated heterocycles. The quantitative estimate of drug-likeness (QED) is 0.630. The molecule has 9 nitrogen and oxygen atoms in total. The van der Waals surface area contributed by atoms with Gasteiger partial charge in [-0.05, 0) is 0 Å². The van der Waals surface area contributed by atoms with Gasteiger partial charge in [0.05, 0.1) is 0 Å². The number of carbonyl (C=O) groups is 1. The van der Waals surface area contributed by atoms with Crippen LogP contribution in [0.5, 0.6) is 0 Å². The molecule has 0 radical (unpaired) electrons. The van der Waals surface area contributed by atoms with Crippen LogP contribution in [0, 0.1) is 0 Å². The Morgan fingerprint density at radius 2 is 2.25 bits per heavy atom. The number of amides is 1. The average Bonchev–Trinajstić information content (AvgIpc) is 2.99. The minimum absolute atomic E-state index is 0.143. The maximum atomic E-state index is 11.9. The highest BCUT2D eigenvalue weighted by molar-refractivity contribution is 7.91. The van der Waals surface area contributed by atoms with Crippen molar-refractivity contribution in [3.63, 3.8) is 0 Å². The molecule has 0 aliphatic carbocycles. The van der Waals surface area contributed by atoms with Crippen LogP contribution in [0.4, 0.5) is 5.13 Å². The normalized spacial score (nSPS) is 11.4. The molecule has 0 aromatic carbocycles. The van der Waals surface area contributed by atoms with E-state index in [1.165, 1.54) is 6.92 Å². The first-order valence-corrected chi connectivity index (χ1v) is 7.86. The van der Waals surface area contributed by atoms with Crippen LogP contribution in [-0.2, 0) is 21.2 Å². The van der Waals surface area contributed by atoms with E-state index in [0.717, 1.165) is 11.3 Å². The first-order chi connectivity index (χ1) is 9.47. The van der Waals surface area contributed by atoms with Gasteiger partial charge >= 0.3 is 0 Å². The molecular weight excluding hydrogens is 304 g/mol. The third-order valence-electron chi connectivity index (χ3n) is 2.13. The van der Waals surface area contributed by atoms with Crippen LogP contribution >= 0.6 is 11.3 Å². The van der Waals surface area contributed by atoms with E-state index in [4.69, 9.17) is 0 Å². The van der Waals surface area contributed by atoms with E-state index in [2.05, 4.69) is 30.2 Å². The zero-order chi connectivity index (χ0) is 14.6. The van der Waals surface area contributed by atoms with E-state index in [0.29, 0.717) is 12.2 Å². The summed E-state index contributed by atoms with van der Waals surface area (Å²) >= 11 is 0.788. The van der Waals surface area contributed by atoms with E-state index in [1.807, 2.05) is 0 Å². The summed E-state index contributed by atoms with van der Waals surface area (Å²) in [7, 11) is -3.73. The molecule has 2 aromatic heterocycles. The number of imidazole rings is 1. The lowest BCUT2D eigenvalue weighted by Gasteiger charge is -2.01. The van der Waals surface area contributed by atoms with Gasteiger partial charge in [-0.2, -0.15) is 0 Å². The van der Waals surface area contributed by atoms with Crippen molar-refractivity contribution in [3.8, 4) is 0 Å². The number of hydrogen-bond donors (Lipinski definition) is 3. The van der Waals surface area contributed by atoms with Gasteiger partial charge < -0.3 is 10.3 Å². The van der Waals surface area contributed by atoms with Gasteiger partial charge in [0.1, 0.15) is 5.82 Å². The summed E-state index contributed by atoms with van der Waals surface area (Å²) in [5.41, 5.74) is 0. The highest BCUT2D eigenvalue weighted by Gasteiger charge is 2.20. The number of anilines is 1. The molecule has 0 aliphatic heterocycles. The van der Waals surface area contributed by atoms with Gasteiger partial charge in [0.2, 0.25) is 15.4 Å². The van der Waals surface area contributed by atoms with Crippen LogP contribution in [0.1, 0.15) is 12.7 Å². The molecule has 3 N–H and O–H groups in total. The van der Waals surface area contributed by atoms with Crippen molar-refractivity contribution in [3.05, 3.63) is 18.2 Å². The molecule has 11 heteroatoms. The number of nitrogens with zero attached hydrogens (tertiary/aromatic N) is 3. The minimum Gasteiger partial charge on any atom is -0.349 e. The monoisotopic (exact) mass is 316 g/mol. The van der Waals surface area contributed by atoms with Crippen molar-refractivity contribution in [2.45, 2.75) is 17.7 Å². The predicted octanol–water partition coefficient (Wildman–Crippen LogP) is -0.259. The van der Waals surface area contributed by atoms with Crippen molar-refractivity contribution < 1.29 is 13.2 Å². The molecule has 20 heavy (non-hydrogen) atoms. The van der Waals surface area contributed by atoms with E-state index in [9.17, 15) is 13.2 Å². The lowest BCUT2D eigenvalue weighted by Crippen LogP contribution is -2.26. The number of H-pyrrole nitrogens is 1. The third kappa shape index (κ3) is 3.82. The summed E-state index contributed by atoms with van der Waals surface area (Å²) in [5.74, 6) is 0.347. The van der Waals surface area contributed by atoms with Gasteiger partial charge in [0.15, 0.2) is 0 Å². The summed E-state index contributed by atoms with van der Waals surface area (Å²) in [4.78, 5) is 17.7. The standard InChI is InChI=1S/C9H12N6O3S2/c1-6(16)13-8-14-15-9(19-8)20(17,18)12-3-2-7-10-4-5-11-7/h4-5,12H,2-3H2,1H3,(H,10,11)(H,13,14,16). The minimum atomic E-state index is -3.73. The molecule has 0 bridgehead atoms.